The second-order valence-electron chi connectivity index (χ2n) is 9.85. The van der Waals surface area contributed by atoms with Crippen LogP contribution in [-0.4, -0.2) is 22.8 Å². The molecule has 25 heavy (non-hydrogen) atoms. The molecule has 0 aromatic heterocycles. The molecule has 6 aliphatic rings. The molecule has 0 saturated heterocycles. The minimum Gasteiger partial charge on any atom is -0.365 e. The molecule has 0 amide bonds. The SMILES string of the molecule is C[C@]12CCC3C(CCC4=CC(=O)CC[C@@H]43)C1[C@H]1C[C@H]1[C@@]21C=CC(O)O1. The second kappa shape index (κ2) is 4.67. The Labute approximate surface area is 149 Å². The maximum Gasteiger partial charge on any atom is 0.175 e. The molecule has 0 aromatic rings. The maximum atomic E-state index is 11.8. The van der Waals surface area contributed by atoms with E-state index in [2.05, 4.69) is 13.0 Å². The van der Waals surface area contributed by atoms with E-state index in [0.717, 1.165) is 42.9 Å². The summed E-state index contributed by atoms with van der Waals surface area (Å²) in [5.41, 5.74) is 1.45. The molecule has 0 bridgehead atoms. The number of carbonyl (C=O) groups is 1. The highest BCUT2D eigenvalue weighted by atomic mass is 16.6. The van der Waals surface area contributed by atoms with Gasteiger partial charge < -0.3 is 9.84 Å². The van der Waals surface area contributed by atoms with E-state index >= 15 is 0 Å². The molecule has 1 aliphatic heterocycles. The molecule has 3 heteroatoms. The second-order valence-corrected chi connectivity index (χ2v) is 9.85. The number of hydrogen-bond donors (Lipinski definition) is 1. The highest BCUT2D eigenvalue weighted by Gasteiger charge is 2.76. The Morgan fingerprint density at radius 1 is 1.16 bits per heavy atom. The molecule has 0 radical (unpaired) electrons. The summed E-state index contributed by atoms with van der Waals surface area (Å²) in [7, 11) is 0. The molecule has 4 saturated carbocycles. The molecule has 1 N–H and O–H groups in total. The third-order valence-corrected chi connectivity index (χ3v) is 9.12. The van der Waals surface area contributed by atoms with Crippen molar-refractivity contribution in [3.05, 3.63) is 23.8 Å². The fourth-order valence-corrected chi connectivity index (χ4v) is 8.24. The normalized spacial score (nSPS) is 58.4. The zero-order chi connectivity index (χ0) is 17.0. The summed E-state index contributed by atoms with van der Waals surface area (Å²) < 4.78 is 6.23. The number of allylic oxidation sites excluding steroid dienone is 1. The van der Waals surface area contributed by atoms with Crippen molar-refractivity contribution in [3.8, 4) is 0 Å². The average molecular weight is 340 g/mol. The lowest BCUT2D eigenvalue weighted by Gasteiger charge is -2.57. The highest BCUT2D eigenvalue weighted by molar-refractivity contribution is 5.91. The van der Waals surface area contributed by atoms with Gasteiger partial charge in [0.15, 0.2) is 12.1 Å². The van der Waals surface area contributed by atoms with Gasteiger partial charge in [-0.15, -0.1) is 0 Å². The number of hydrogen-bond acceptors (Lipinski definition) is 3. The van der Waals surface area contributed by atoms with Gasteiger partial charge in [-0.3, -0.25) is 4.79 Å². The van der Waals surface area contributed by atoms with Gasteiger partial charge >= 0.3 is 0 Å². The fourth-order valence-electron chi connectivity index (χ4n) is 8.24. The molecule has 0 aromatic carbocycles. The lowest BCUT2D eigenvalue weighted by Crippen LogP contribution is -2.55. The summed E-state index contributed by atoms with van der Waals surface area (Å²) in [5, 5.41) is 10.1. The molecule has 134 valence electrons. The van der Waals surface area contributed by atoms with Crippen molar-refractivity contribution in [1.29, 1.82) is 0 Å². The van der Waals surface area contributed by atoms with Crippen LogP contribution in [0.25, 0.3) is 0 Å². The lowest BCUT2D eigenvalue weighted by atomic mass is 9.49. The molecule has 6 rings (SSSR count). The van der Waals surface area contributed by atoms with Crippen molar-refractivity contribution >= 4 is 5.78 Å². The Kier molecular flexibility index (Phi) is 2.83. The number of fused-ring (bicyclic) bond motifs is 9. The van der Waals surface area contributed by atoms with Crippen molar-refractivity contribution in [2.75, 3.05) is 0 Å². The van der Waals surface area contributed by atoms with E-state index in [9.17, 15) is 9.90 Å². The van der Waals surface area contributed by atoms with E-state index < -0.39 is 6.29 Å². The first-order chi connectivity index (χ1) is 12.0. The first-order valence-corrected chi connectivity index (χ1v) is 10.3. The zero-order valence-corrected chi connectivity index (χ0v) is 15.0. The van der Waals surface area contributed by atoms with Gasteiger partial charge in [0.05, 0.1) is 5.60 Å². The summed E-state index contributed by atoms with van der Waals surface area (Å²) in [6.45, 7) is 2.46. The van der Waals surface area contributed by atoms with E-state index in [4.69, 9.17) is 4.74 Å². The van der Waals surface area contributed by atoms with Crippen LogP contribution in [0.15, 0.2) is 23.8 Å². The third-order valence-electron chi connectivity index (χ3n) is 9.12. The fraction of sp³-hybridized carbons (Fsp3) is 0.773. The predicted molar refractivity (Wildman–Crippen MR) is 93.4 cm³/mol. The van der Waals surface area contributed by atoms with Crippen molar-refractivity contribution < 1.29 is 14.6 Å². The molecular formula is C22H28O3. The Hall–Kier alpha value is -0.930. The number of carbonyl (C=O) groups excluding carboxylic acids is 1. The van der Waals surface area contributed by atoms with Crippen LogP contribution in [0.5, 0.6) is 0 Å². The molecule has 1 spiro atoms. The summed E-state index contributed by atoms with van der Waals surface area (Å²) in [6, 6.07) is 0. The quantitative estimate of drug-likeness (QED) is 0.685. The first kappa shape index (κ1) is 15.2. The molecule has 9 atom stereocenters. The van der Waals surface area contributed by atoms with Gasteiger partial charge in [0.25, 0.3) is 0 Å². The molecule has 5 aliphatic carbocycles. The van der Waals surface area contributed by atoms with Crippen LogP contribution in [0.2, 0.25) is 0 Å². The third kappa shape index (κ3) is 1.72. The monoisotopic (exact) mass is 340 g/mol. The number of ether oxygens (including phenoxy) is 1. The summed E-state index contributed by atoms with van der Waals surface area (Å²) in [6.07, 6.45) is 13.4. The predicted octanol–water partition coefficient (Wildman–Crippen LogP) is 3.63. The van der Waals surface area contributed by atoms with Gasteiger partial charge in [-0.25, -0.2) is 0 Å². The van der Waals surface area contributed by atoms with Gasteiger partial charge in [0.2, 0.25) is 0 Å². The largest absolute Gasteiger partial charge is 0.365 e. The van der Waals surface area contributed by atoms with Crippen molar-refractivity contribution in [2.24, 2.45) is 40.9 Å². The van der Waals surface area contributed by atoms with Gasteiger partial charge in [0, 0.05) is 11.8 Å². The van der Waals surface area contributed by atoms with Crippen LogP contribution in [0, 0.1) is 40.9 Å². The van der Waals surface area contributed by atoms with Crippen LogP contribution in [0.4, 0.5) is 0 Å². The number of aliphatic hydroxyl groups is 1. The minimum atomic E-state index is -0.709. The van der Waals surface area contributed by atoms with Gasteiger partial charge in [-0.2, -0.15) is 0 Å². The van der Waals surface area contributed by atoms with Crippen LogP contribution in [-0.2, 0) is 9.53 Å². The first-order valence-electron chi connectivity index (χ1n) is 10.3. The van der Waals surface area contributed by atoms with Crippen LogP contribution >= 0.6 is 0 Å². The molecule has 3 nitrogen and oxygen atoms in total. The molecule has 1 heterocycles. The van der Waals surface area contributed by atoms with Gasteiger partial charge in [-0.05, 0) is 86.2 Å². The van der Waals surface area contributed by atoms with Crippen LogP contribution in [0.1, 0.15) is 51.9 Å². The van der Waals surface area contributed by atoms with Crippen molar-refractivity contribution in [1.82, 2.24) is 0 Å². The van der Waals surface area contributed by atoms with E-state index in [-0.39, 0.29) is 11.0 Å². The highest BCUT2D eigenvalue weighted by Crippen LogP contribution is 2.77. The van der Waals surface area contributed by atoms with Crippen LogP contribution in [0.3, 0.4) is 0 Å². The zero-order valence-electron chi connectivity index (χ0n) is 15.0. The van der Waals surface area contributed by atoms with Gasteiger partial charge in [0.1, 0.15) is 0 Å². The number of aliphatic hydroxyl groups excluding tert-OH is 1. The summed E-state index contributed by atoms with van der Waals surface area (Å²) >= 11 is 0. The standard InChI is InChI=1S/C22H28O3/c1-21-8-6-15-14-5-3-13(23)10-12(14)2-4-16(15)20(21)17-11-18(17)22(21)9-7-19(24)25-22/h7,9-10,14-20,24H,2-6,8,11H2,1H3/t14-,15?,16?,17-,18+,19?,20?,21-,22-/m0/s1. The van der Waals surface area contributed by atoms with Gasteiger partial charge in [-0.1, -0.05) is 18.6 Å². The molecule has 4 fully saturated rings. The summed E-state index contributed by atoms with van der Waals surface area (Å²) in [5.74, 6) is 4.75. The Morgan fingerprint density at radius 2 is 2.04 bits per heavy atom. The minimum absolute atomic E-state index is 0.182. The lowest BCUT2D eigenvalue weighted by molar-refractivity contribution is -0.194. The Balaban J connectivity index is 1.37. The van der Waals surface area contributed by atoms with E-state index in [0.29, 0.717) is 17.6 Å². The number of ketones is 1. The topological polar surface area (TPSA) is 46.5 Å². The van der Waals surface area contributed by atoms with E-state index in [1.807, 2.05) is 12.2 Å². The Bertz CT molecular complexity index is 708. The Morgan fingerprint density at radius 3 is 2.84 bits per heavy atom. The summed E-state index contributed by atoms with van der Waals surface area (Å²) in [4.78, 5) is 11.8. The van der Waals surface area contributed by atoms with E-state index in [1.54, 1.807) is 0 Å². The van der Waals surface area contributed by atoms with Crippen molar-refractivity contribution in [2.45, 2.75) is 63.8 Å². The number of rotatable bonds is 0. The molecular weight excluding hydrogens is 312 g/mol. The smallest absolute Gasteiger partial charge is 0.175 e. The van der Waals surface area contributed by atoms with Crippen LogP contribution < -0.4 is 0 Å². The van der Waals surface area contributed by atoms with Crippen molar-refractivity contribution in [3.63, 3.8) is 0 Å². The maximum absolute atomic E-state index is 11.8. The molecule has 4 unspecified atom stereocenters. The van der Waals surface area contributed by atoms with E-state index in [1.165, 1.54) is 31.3 Å². The average Bonchev–Trinajstić information content (AvgIpc) is 3.23.